The van der Waals surface area contributed by atoms with Gasteiger partial charge in [-0.3, -0.25) is 0 Å². The molecule has 0 aliphatic carbocycles. The van der Waals surface area contributed by atoms with Gasteiger partial charge < -0.3 is 14.8 Å². The van der Waals surface area contributed by atoms with Gasteiger partial charge in [-0.05, 0) is 12.1 Å². The maximum absolute atomic E-state index is 9.31. The van der Waals surface area contributed by atoms with E-state index in [-0.39, 0.29) is 11.5 Å². The Morgan fingerprint density at radius 3 is 2.50 bits per heavy atom. The maximum atomic E-state index is 9.31. The Hall–Kier alpha value is -1.42. The monoisotopic (exact) mass is 168 g/mol. The van der Waals surface area contributed by atoms with Crippen molar-refractivity contribution in [2.75, 3.05) is 19.0 Å². The highest BCUT2D eigenvalue weighted by atomic mass is 16.6. The molecular formula is C8H12N2O2. The van der Waals surface area contributed by atoms with Crippen LogP contribution in [0.25, 0.3) is 0 Å². The van der Waals surface area contributed by atoms with Crippen LogP contribution in [0.3, 0.4) is 0 Å². The highest BCUT2D eigenvalue weighted by Gasteiger charge is 2.03. The average molecular weight is 168 g/mol. The molecule has 0 radical (unpaired) electrons. The molecule has 0 aromatic heterocycles. The number of phenolic OH excluding ortho intramolecular Hbond substituents is 1. The lowest BCUT2D eigenvalue weighted by atomic mass is 10.2. The normalized spacial score (nSPS) is 9.58. The summed E-state index contributed by atoms with van der Waals surface area (Å²) in [6.07, 6.45) is 0. The van der Waals surface area contributed by atoms with Gasteiger partial charge in [0.15, 0.2) is 11.5 Å². The third-order valence-corrected chi connectivity index (χ3v) is 1.59. The number of hydrogen-bond acceptors (Lipinski definition) is 4. The van der Waals surface area contributed by atoms with Crippen molar-refractivity contribution in [1.29, 1.82) is 0 Å². The molecule has 4 heteroatoms. The van der Waals surface area contributed by atoms with Crippen molar-refractivity contribution in [2.24, 2.45) is 5.90 Å². The molecule has 1 aromatic carbocycles. The quantitative estimate of drug-likeness (QED) is 0.638. The van der Waals surface area contributed by atoms with E-state index in [9.17, 15) is 5.11 Å². The first-order valence-corrected chi connectivity index (χ1v) is 3.52. The van der Waals surface area contributed by atoms with Crippen LogP contribution in [0.2, 0.25) is 0 Å². The van der Waals surface area contributed by atoms with Crippen LogP contribution < -0.4 is 15.6 Å². The van der Waals surface area contributed by atoms with Crippen molar-refractivity contribution in [3.05, 3.63) is 18.2 Å². The fraction of sp³-hybridized carbons (Fsp3) is 0.250. The number of nitrogens with two attached hydrogens (primary N) is 1. The maximum Gasteiger partial charge on any atom is 0.188 e. The van der Waals surface area contributed by atoms with E-state index in [0.717, 1.165) is 5.69 Å². The van der Waals surface area contributed by atoms with Crippen LogP contribution in [0.5, 0.6) is 11.5 Å². The minimum absolute atomic E-state index is 0.0451. The molecule has 0 heterocycles. The second kappa shape index (κ2) is 3.32. The summed E-state index contributed by atoms with van der Waals surface area (Å²) in [5.41, 5.74) is 0.897. The highest BCUT2D eigenvalue weighted by molar-refractivity contribution is 5.54. The number of hydrogen-bond donors (Lipinski definition) is 2. The van der Waals surface area contributed by atoms with Crippen molar-refractivity contribution < 1.29 is 9.94 Å². The van der Waals surface area contributed by atoms with E-state index in [0.29, 0.717) is 0 Å². The summed E-state index contributed by atoms with van der Waals surface area (Å²) >= 11 is 0. The number of benzene rings is 1. The highest BCUT2D eigenvalue weighted by Crippen LogP contribution is 2.28. The predicted octanol–water partition coefficient (Wildman–Crippen LogP) is 0.711. The lowest BCUT2D eigenvalue weighted by Crippen LogP contribution is -2.08. The molecule has 0 unspecified atom stereocenters. The molecule has 0 fully saturated rings. The first-order chi connectivity index (χ1) is 5.65. The first-order valence-electron chi connectivity index (χ1n) is 3.52. The summed E-state index contributed by atoms with van der Waals surface area (Å²) in [4.78, 5) is 6.29. The molecule has 0 saturated heterocycles. The fourth-order valence-electron chi connectivity index (χ4n) is 0.884. The molecule has 0 amide bonds. The Balaban J connectivity index is 3.02. The van der Waals surface area contributed by atoms with E-state index in [1.54, 1.807) is 12.1 Å². The first kappa shape index (κ1) is 8.67. The lowest BCUT2D eigenvalue weighted by molar-refractivity contribution is 0.313. The molecule has 12 heavy (non-hydrogen) atoms. The van der Waals surface area contributed by atoms with Crippen LogP contribution in [-0.4, -0.2) is 19.2 Å². The van der Waals surface area contributed by atoms with E-state index in [1.807, 2.05) is 25.1 Å². The molecule has 0 saturated carbocycles. The number of phenols is 1. The van der Waals surface area contributed by atoms with Crippen molar-refractivity contribution in [3.8, 4) is 11.5 Å². The zero-order valence-electron chi connectivity index (χ0n) is 7.11. The van der Waals surface area contributed by atoms with E-state index >= 15 is 0 Å². The van der Waals surface area contributed by atoms with Crippen LogP contribution in [0.4, 0.5) is 5.69 Å². The largest absolute Gasteiger partial charge is 0.504 e. The number of anilines is 1. The van der Waals surface area contributed by atoms with Crippen LogP contribution >= 0.6 is 0 Å². The Kier molecular flexibility index (Phi) is 2.40. The predicted molar refractivity (Wildman–Crippen MR) is 47.2 cm³/mol. The van der Waals surface area contributed by atoms with Crippen molar-refractivity contribution >= 4 is 5.69 Å². The third-order valence-electron chi connectivity index (χ3n) is 1.59. The van der Waals surface area contributed by atoms with Gasteiger partial charge in [0, 0.05) is 25.8 Å². The average Bonchev–Trinajstić information content (AvgIpc) is 2.04. The summed E-state index contributed by atoms with van der Waals surface area (Å²) in [7, 11) is 3.77. The SMILES string of the molecule is CN(C)c1ccc(ON)c(O)c1. The molecule has 0 atom stereocenters. The molecule has 0 spiro atoms. The lowest BCUT2D eigenvalue weighted by Gasteiger charge is -2.13. The molecule has 1 rings (SSSR count). The topological polar surface area (TPSA) is 58.7 Å². The second-order valence-corrected chi connectivity index (χ2v) is 2.66. The van der Waals surface area contributed by atoms with Gasteiger partial charge in [-0.25, -0.2) is 0 Å². The zero-order valence-corrected chi connectivity index (χ0v) is 7.11. The van der Waals surface area contributed by atoms with Gasteiger partial charge >= 0.3 is 0 Å². The standard InChI is InChI=1S/C8H12N2O2/c1-10(2)6-3-4-8(12-9)7(11)5-6/h3-5,11H,9H2,1-2H3. The Morgan fingerprint density at radius 1 is 1.42 bits per heavy atom. The zero-order chi connectivity index (χ0) is 9.14. The van der Waals surface area contributed by atoms with E-state index < -0.39 is 0 Å². The van der Waals surface area contributed by atoms with Gasteiger partial charge in [0.05, 0.1) is 0 Å². The van der Waals surface area contributed by atoms with Crippen LogP contribution in [0, 0.1) is 0 Å². The van der Waals surface area contributed by atoms with Crippen LogP contribution in [0.15, 0.2) is 18.2 Å². The Morgan fingerprint density at radius 2 is 2.08 bits per heavy atom. The second-order valence-electron chi connectivity index (χ2n) is 2.66. The van der Waals surface area contributed by atoms with Gasteiger partial charge in [-0.2, -0.15) is 5.90 Å². The van der Waals surface area contributed by atoms with Crippen molar-refractivity contribution in [2.45, 2.75) is 0 Å². The molecule has 1 aromatic rings. The molecular weight excluding hydrogens is 156 g/mol. The van der Waals surface area contributed by atoms with E-state index in [1.165, 1.54) is 0 Å². The molecule has 0 aliphatic rings. The van der Waals surface area contributed by atoms with E-state index in [4.69, 9.17) is 5.90 Å². The minimum atomic E-state index is 0.0451. The van der Waals surface area contributed by atoms with Crippen LogP contribution in [-0.2, 0) is 0 Å². The van der Waals surface area contributed by atoms with E-state index in [2.05, 4.69) is 4.84 Å². The summed E-state index contributed by atoms with van der Waals surface area (Å²) in [6.45, 7) is 0. The summed E-state index contributed by atoms with van der Waals surface area (Å²) in [5, 5.41) is 9.31. The Labute approximate surface area is 71.1 Å². The van der Waals surface area contributed by atoms with Crippen molar-refractivity contribution in [1.82, 2.24) is 0 Å². The smallest absolute Gasteiger partial charge is 0.188 e. The number of rotatable bonds is 2. The summed E-state index contributed by atoms with van der Waals surface area (Å²) in [6, 6.07) is 5.01. The van der Waals surface area contributed by atoms with Gasteiger partial charge in [0.25, 0.3) is 0 Å². The fourth-order valence-corrected chi connectivity index (χ4v) is 0.884. The third kappa shape index (κ3) is 1.60. The molecule has 3 N–H and O–H groups in total. The molecule has 4 nitrogen and oxygen atoms in total. The van der Waals surface area contributed by atoms with Gasteiger partial charge in [-0.15, -0.1) is 0 Å². The Bertz CT molecular complexity index is 274. The summed E-state index contributed by atoms with van der Waals surface area (Å²) in [5.74, 6) is 5.23. The molecule has 66 valence electrons. The van der Waals surface area contributed by atoms with Crippen LogP contribution in [0.1, 0.15) is 0 Å². The van der Waals surface area contributed by atoms with Crippen molar-refractivity contribution in [3.63, 3.8) is 0 Å². The molecule has 0 bridgehead atoms. The number of nitrogens with zero attached hydrogens (tertiary/aromatic N) is 1. The van der Waals surface area contributed by atoms with Gasteiger partial charge in [0.1, 0.15) is 0 Å². The minimum Gasteiger partial charge on any atom is -0.504 e. The summed E-state index contributed by atoms with van der Waals surface area (Å²) < 4.78 is 0. The van der Waals surface area contributed by atoms with Gasteiger partial charge in [0.2, 0.25) is 0 Å². The van der Waals surface area contributed by atoms with Gasteiger partial charge in [-0.1, -0.05) is 0 Å². The molecule has 0 aliphatic heterocycles. The number of aromatic hydroxyl groups is 1.